The van der Waals surface area contributed by atoms with Gasteiger partial charge in [-0.2, -0.15) is 0 Å². The van der Waals surface area contributed by atoms with Crippen LogP contribution in [0.25, 0.3) is 0 Å². The molecule has 1 aromatic heterocycles. The van der Waals surface area contributed by atoms with Crippen molar-refractivity contribution in [1.29, 1.82) is 0 Å². The van der Waals surface area contributed by atoms with Crippen LogP contribution in [0.15, 0.2) is 40.9 Å². The van der Waals surface area contributed by atoms with Crippen molar-refractivity contribution in [2.24, 2.45) is 0 Å². The number of amides is 2. The summed E-state index contributed by atoms with van der Waals surface area (Å²) in [5.74, 6) is -1.16. The van der Waals surface area contributed by atoms with Crippen LogP contribution in [0.1, 0.15) is 17.4 Å². The molecular formula is C14H11BrFN3O2. The van der Waals surface area contributed by atoms with E-state index < -0.39 is 11.7 Å². The van der Waals surface area contributed by atoms with Gasteiger partial charge in [0.15, 0.2) is 0 Å². The molecule has 5 nitrogen and oxygen atoms in total. The van der Waals surface area contributed by atoms with E-state index in [1.807, 2.05) is 0 Å². The third kappa shape index (κ3) is 4.09. The van der Waals surface area contributed by atoms with Crippen LogP contribution in [-0.4, -0.2) is 16.8 Å². The van der Waals surface area contributed by atoms with Crippen molar-refractivity contribution in [2.75, 3.05) is 10.6 Å². The van der Waals surface area contributed by atoms with Crippen molar-refractivity contribution in [3.8, 4) is 0 Å². The molecule has 21 heavy (non-hydrogen) atoms. The van der Waals surface area contributed by atoms with E-state index in [1.165, 1.54) is 25.1 Å². The summed E-state index contributed by atoms with van der Waals surface area (Å²) < 4.78 is 14.2. The van der Waals surface area contributed by atoms with Crippen LogP contribution in [0.4, 0.5) is 15.9 Å². The molecule has 2 N–H and O–H groups in total. The van der Waals surface area contributed by atoms with Crippen LogP contribution in [0.2, 0.25) is 0 Å². The standard InChI is InChI=1S/C14H11BrFN3O2/c1-8(20)17-13-4-2-3-12(18-13)14(21)19-11-6-5-9(15)7-10(11)16/h2-7H,1H3,(H,19,21)(H,17,18,20). The van der Waals surface area contributed by atoms with E-state index in [4.69, 9.17) is 0 Å². The van der Waals surface area contributed by atoms with Crippen molar-refractivity contribution in [3.05, 3.63) is 52.4 Å². The topological polar surface area (TPSA) is 71.1 Å². The van der Waals surface area contributed by atoms with Gasteiger partial charge in [0.25, 0.3) is 5.91 Å². The molecule has 2 rings (SSSR count). The zero-order valence-corrected chi connectivity index (χ0v) is 12.6. The Bertz CT molecular complexity index is 706. The number of anilines is 2. The number of halogens is 2. The van der Waals surface area contributed by atoms with E-state index in [0.717, 1.165) is 0 Å². The highest BCUT2D eigenvalue weighted by molar-refractivity contribution is 9.10. The minimum absolute atomic E-state index is 0.0509. The highest BCUT2D eigenvalue weighted by Gasteiger charge is 2.11. The first-order valence-electron chi connectivity index (χ1n) is 5.97. The Hall–Kier alpha value is -2.28. The maximum Gasteiger partial charge on any atom is 0.274 e. The fraction of sp³-hybridized carbons (Fsp3) is 0.0714. The number of hydrogen-bond donors (Lipinski definition) is 2. The van der Waals surface area contributed by atoms with Gasteiger partial charge in [-0.1, -0.05) is 22.0 Å². The van der Waals surface area contributed by atoms with Gasteiger partial charge in [-0.25, -0.2) is 9.37 Å². The highest BCUT2D eigenvalue weighted by atomic mass is 79.9. The second-order valence-corrected chi connectivity index (χ2v) is 5.08. The quantitative estimate of drug-likeness (QED) is 0.891. The van der Waals surface area contributed by atoms with Crippen LogP contribution >= 0.6 is 15.9 Å². The van der Waals surface area contributed by atoms with Gasteiger partial charge in [-0.15, -0.1) is 0 Å². The zero-order chi connectivity index (χ0) is 15.4. The molecule has 0 bridgehead atoms. The van der Waals surface area contributed by atoms with Gasteiger partial charge in [-0.3, -0.25) is 9.59 Å². The lowest BCUT2D eigenvalue weighted by Gasteiger charge is -2.07. The molecule has 2 aromatic rings. The normalized spacial score (nSPS) is 10.0. The van der Waals surface area contributed by atoms with Gasteiger partial charge >= 0.3 is 0 Å². The minimum atomic E-state index is -0.566. The van der Waals surface area contributed by atoms with Crippen molar-refractivity contribution < 1.29 is 14.0 Å². The molecule has 108 valence electrons. The molecule has 1 heterocycles. The van der Waals surface area contributed by atoms with E-state index in [2.05, 4.69) is 31.5 Å². The molecule has 0 radical (unpaired) electrons. The lowest BCUT2D eigenvalue weighted by molar-refractivity contribution is -0.114. The summed E-state index contributed by atoms with van der Waals surface area (Å²) in [6.45, 7) is 1.34. The lowest BCUT2D eigenvalue weighted by Crippen LogP contribution is -2.16. The summed E-state index contributed by atoms with van der Waals surface area (Å²) in [5.41, 5.74) is 0.124. The molecule has 0 spiro atoms. The Morgan fingerprint density at radius 2 is 1.95 bits per heavy atom. The molecule has 0 aliphatic carbocycles. The monoisotopic (exact) mass is 351 g/mol. The fourth-order valence-corrected chi connectivity index (χ4v) is 1.92. The second kappa shape index (κ2) is 6.45. The Labute approximate surface area is 128 Å². The van der Waals surface area contributed by atoms with Crippen LogP contribution in [-0.2, 0) is 4.79 Å². The van der Waals surface area contributed by atoms with Gasteiger partial charge in [0.1, 0.15) is 17.3 Å². The average Bonchev–Trinajstić information content (AvgIpc) is 2.41. The number of aromatic nitrogens is 1. The summed E-state index contributed by atoms with van der Waals surface area (Å²) in [6, 6.07) is 8.90. The molecule has 0 unspecified atom stereocenters. The largest absolute Gasteiger partial charge is 0.318 e. The lowest BCUT2D eigenvalue weighted by atomic mass is 10.2. The number of benzene rings is 1. The average molecular weight is 352 g/mol. The molecule has 7 heteroatoms. The Morgan fingerprint density at radius 3 is 2.62 bits per heavy atom. The van der Waals surface area contributed by atoms with Crippen molar-refractivity contribution in [2.45, 2.75) is 6.92 Å². The number of carbonyl (C=O) groups is 2. The summed E-state index contributed by atoms with van der Waals surface area (Å²) >= 11 is 3.13. The second-order valence-electron chi connectivity index (χ2n) is 4.17. The molecule has 0 aliphatic rings. The van der Waals surface area contributed by atoms with Crippen LogP contribution in [0.3, 0.4) is 0 Å². The van der Waals surface area contributed by atoms with Crippen LogP contribution in [0.5, 0.6) is 0 Å². The van der Waals surface area contributed by atoms with E-state index in [-0.39, 0.29) is 23.1 Å². The number of pyridine rings is 1. The van der Waals surface area contributed by atoms with Gasteiger partial charge in [-0.05, 0) is 30.3 Å². The molecule has 0 saturated carbocycles. The van der Waals surface area contributed by atoms with Gasteiger partial charge in [0, 0.05) is 11.4 Å². The molecule has 0 aliphatic heterocycles. The van der Waals surface area contributed by atoms with E-state index in [1.54, 1.807) is 18.2 Å². The first kappa shape index (κ1) is 15.1. The molecule has 1 aromatic carbocycles. The summed E-state index contributed by atoms with van der Waals surface area (Å²) in [7, 11) is 0. The number of hydrogen-bond acceptors (Lipinski definition) is 3. The third-order valence-electron chi connectivity index (χ3n) is 2.47. The maximum absolute atomic E-state index is 13.7. The third-order valence-corrected chi connectivity index (χ3v) is 2.96. The Balaban J connectivity index is 2.18. The Kier molecular flexibility index (Phi) is 4.64. The SMILES string of the molecule is CC(=O)Nc1cccc(C(=O)Nc2ccc(Br)cc2F)n1. The first-order chi connectivity index (χ1) is 9.95. The molecule has 2 amide bonds. The zero-order valence-electron chi connectivity index (χ0n) is 11.0. The Morgan fingerprint density at radius 1 is 1.19 bits per heavy atom. The number of nitrogens with one attached hydrogen (secondary N) is 2. The highest BCUT2D eigenvalue weighted by Crippen LogP contribution is 2.20. The van der Waals surface area contributed by atoms with E-state index in [9.17, 15) is 14.0 Å². The predicted molar refractivity (Wildman–Crippen MR) is 80.6 cm³/mol. The molecular weight excluding hydrogens is 341 g/mol. The van der Waals surface area contributed by atoms with E-state index in [0.29, 0.717) is 4.47 Å². The van der Waals surface area contributed by atoms with Crippen LogP contribution in [0, 0.1) is 5.82 Å². The van der Waals surface area contributed by atoms with E-state index >= 15 is 0 Å². The van der Waals surface area contributed by atoms with Crippen molar-refractivity contribution >= 4 is 39.2 Å². The number of carbonyl (C=O) groups excluding carboxylic acids is 2. The summed E-state index contributed by atoms with van der Waals surface area (Å²) in [4.78, 5) is 27.0. The molecule has 0 fully saturated rings. The predicted octanol–water partition coefficient (Wildman–Crippen LogP) is 3.19. The van der Waals surface area contributed by atoms with Crippen LogP contribution < -0.4 is 10.6 Å². The fourth-order valence-electron chi connectivity index (χ4n) is 1.59. The smallest absolute Gasteiger partial charge is 0.274 e. The van der Waals surface area contributed by atoms with Crippen molar-refractivity contribution in [1.82, 2.24) is 4.98 Å². The van der Waals surface area contributed by atoms with Gasteiger partial charge in [0.2, 0.25) is 5.91 Å². The minimum Gasteiger partial charge on any atom is -0.318 e. The summed E-state index contributed by atoms with van der Waals surface area (Å²) in [6.07, 6.45) is 0. The molecule has 0 atom stereocenters. The van der Waals surface area contributed by atoms with Gasteiger partial charge < -0.3 is 10.6 Å². The number of rotatable bonds is 3. The van der Waals surface area contributed by atoms with Gasteiger partial charge in [0.05, 0.1) is 5.69 Å². The number of nitrogens with zero attached hydrogens (tertiary/aromatic N) is 1. The first-order valence-corrected chi connectivity index (χ1v) is 6.76. The summed E-state index contributed by atoms with van der Waals surface area (Å²) in [5, 5.41) is 4.90. The van der Waals surface area contributed by atoms with Crippen molar-refractivity contribution in [3.63, 3.8) is 0 Å². The molecule has 0 saturated heterocycles. The maximum atomic E-state index is 13.7.